The molecule has 1 heterocycles. The number of benzene rings is 1. The van der Waals surface area contributed by atoms with Crippen molar-refractivity contribution in [3.05, 3.63) is 47.4 Å². The summed E-state index contributed by atoms with van der Waals surface area (Å²) in [5.74, 6) is -3.17. The van der Waals surface area contributed by atoms with E-state index < -0.39 is 46.1 Å². The lowest BCUT2D eigenvalue weighted by atomic mass is 10.1. The zero-order valence-electron chi connectivity index (χ0n) is 13.7. The number of nitrogens with one attached hydrogen (secondary N) is 1. The van der Waals surface area contributed by atoms with E-state index in [9.17, 15) is 22.8 Å². The smallest absolute Gasteiger partial charge is 0.412 e. The average molecular weight is 352 g/mol. The van der Waals surface area contributed by atoms with Crippen LogP contribution in [-0.4, -0.2) is 23.0 Å². The van der Waals surface area contributed by atoms with Crippen molar-refractivity contribution >= 4 is 18.1 Å². The molecule has 0 radical (unpaired) electrons. The molecule has 0 saturated carbocycles. The molecule has 0 aliphatic rings. The third-order valence-electron chi connectivity index (χ3n) is 2.95. The van der Waals surface area contributed by atoms with Gasteiger partial charge in [-0.15, -0.1) is 0 Å². The van der Waals surface area contributed by atoms with E-state index in [1.807, 2.05) is 0 Å². The van der Waals surface area contributed by atoms with Crippen molar-refractivity contribution in [3.8, 4) is 11.3 Å². The first-order valence-electron chi connectivity index (χ1n) is 7.22. The van der Waals surface area contributed by atoms with Gasteiger partial charge in [-0.3, -0.25) is 10.1 Å². The Morgan fingerprint density at radius 2 is 1.76 bits per heavy atom. The van der Waals surface area contributed by atoms with Crippen molar-refractivity contribution in [1.82, 2.24) is 4.98 Å². The lowest BCUT2D eigenvalue weighted by Crippen LogP contribution is -2.27. The van der Waals surface area contributed by atoms with Gasteiger partial charge in [0.15, 0.2) is 12.1 Å². The molecule has 0 spiro atoms. The summed E-state index contributed by atoms with van der Waals surface area (Å²) in [4.78, 5) is 26.6. The fourth-order valence-electron chi connectivity index (χ4n) is 2.01. The number of carbonyl (C=O) groups excluding carboxylic acids is 2. The summed E-state index contributed by atoms with van der Waals surface area (Å²) in [6.07, 6.45) is -0.699. The van der Waals surface area contributed by atoms with Gasteiger partial charge in [0.25, 0.3) is 0 Å². The lowest BCUT2D eigenvalue weighted by molar-refractivity contribution is 0.0636. The predicted molar refractivity (Wildman–Crippen MR) is 84.8 cm³/mol. The summed E-state index contributed by atoms with van der Waals surface area (Å²) in [5.41, 5.74) is -2.86. The maximum atomic E-state index is 14.3. The summed E-state index contributed by atoms with van der Waals surface area (Å²) in [7, 11) is 0. The Bertz CT molecular complexity index is 812. The maximum Gasteiger partial charge on any atom is 0.412 e. The molecule has 0 atom stereocenters. The van der Waals surface area contributed by atoms with Crippen molar-refractivity contribution < 1.29 is 27.5 Å². The van der Waals surface area contributed by atoms with Crippen LogP contribution in [0.4, 0.5) is 23.7 Å². The van der Waals surface area contributed by atoms with Crippen LogP contribution in [0.5, 0.6) is 0 Å². The minimum absolute atomic E-state index is 0.231. The van der Waals surface area contributed by atoms with Gasteiger partial charge in [-0.05, 0) is 32.9 Å². The van der Waals surface area contributed by atoms with E-state index in [0.717, 1.165) is 24.3 Å². The van der Waals surface area contributed by atoms with Gasteiger partial charge >= 0.3 is 6.09 Å². The van der Waals surface area contributed by atoms with E-state index in [-0.39, 0.29) is 12.0 Å². The minimum atomic E-state index is -1.11. The van der Waals surface area contributed by atoms with Gasteiger partial charge in [0.2, 0.25) is 0 Å². The molecule has 0 bridgehead atoms. The normalized spacial score (nSPS) is 11.1. The number of hydrogen-bond acceptors (Lipinski definition) is 4. The number of ether oxygens (including phenoxy) is 1. The number of anilines is 1. The molecule has 1 amide bonds. The number of aldehydes is 1. The van der Waals surface area contributed by atoms with Crippen LogP contribution >= 0.6 is 0 Å². The van der Waals surface area contributed by atoms with Gasteiger partial charge in [0.1, 0.15) is 28.6 Å². The molecule has 1 aromatic carbocycles. The Kier molecular flexibility index (Phi) is 5.10. The predicted octanol–water partition coefficient (Wildman–Crippen LogP) is 4.33. The second-order valence-electron chi connectivity index (χ2n) is 6.09. The molecule has 132 valence electrons. The van der Waals surface area contributed by atoms with Crippen molar-refractivity contribution in [2.24, 2.45) is 0 Å². The molecule has 25 heavy (non-hydrogen) atoms. The SMILES string of the molecule is CC(C)(C)OC(=O)Nc1cc(F)c(-c2c(F)cccc2F)nc1C=O. The van der Waals surface area contributed by atoms with Gasteiger partial charge < -0.3 is 4.74 Å². The third kappa shape index (κ3) is 4.34. The van der Waals surface area contributed by atoms with Crippen LogP contribution < -0.4 is 5.32 Å². The van der Waals surface area contributed by atoms with Gasteiger partial charge in [-0.25, -0.2) is 22.9 Å². The quantitative estimate of drug-likeness (QED) is 0.835. The fourth-order valence-corrected chi connectivity index (χ4v) is 2.01. The van der Waals surface area contributed by atoms with E-state index >= 15 is 0 Å². The lowest BCUT2D eigenvalue weighted by Gasteiger charge is -2.20. The van der Waals surface area contributed by atoms with Crippen molar-refractivity contribution in [1.29, 1.82) is 0 Å². The van der Waals surface area contributed by atoms with Crippen LogP contribution in [0.25, 0.3) is 11.3 Å². The average Bonchev–Trinajstić information content (AvgIpc) is 2.47. The fraction of sp³-hybridized carbons (Fsp3) is 0.235. The molecule has 1 aromatic heterocycles. The van der Waals surface area contributed by atoms with Crippen molar-refractivity contribution in [3.63, 3.8) is 0 Å². The van der Waals surface area contributed by atoms with Gasteiger partial charge in [0, 0.05) is 6.07 Å². The first kappa shape index (κ1) is 18.4. The van der Waals surface area contributed by atoms with Gasteiger partial charge in [-0.2, -0.15) is 0 Å². The number of amides is 1. The highest BCUT2D eigenvalue weighted by atomic mass is 19.1. The van der Waals surface area contributed by atoms with Crippen LogP contribution in [-0.2, 0) is 4.74 Å². The first-order chi connectivity index (χ1) is 11.6. The van der Waals surface area contributed by atoms with Crippen LogP contribution in [0.1, 0.15) is 31.3 Å². The zero-order chi connectivity index (χ0) is 18.8. The largest absolute Gasteiger partial charge is 0.444 e. The molecule has 2 aromatic rings. The number of pyridine rings is 1. The van der Waals surface area contributed by atoms with Crippen LogP contribution in [0.3, 0.4) is 0 Å². The topological polar surface area (TPSA) is 68.3 Å². The Balaban J connectivity index is 2.46. The summed E-state index contributed by atoms with van der Waals surface area (Å²) in [6, 6.07) is 3.74. The highest BCUT2D eigenvalue weighted by Crippen LogP contribution is 2.29. The summed E-state index contributed by atoms with van der Waals surface area (Å²) in [5, 5.41) is 2.18. The molecular weight excluding hydrogens is 337 g/mol. The Morgan fingerprint density at radius 3 is 2.28 bits per heavy atom. The zero-order valence-corrected chi connectivity index (χ0v) is 13.7. The second kappa shape index (κ2) is 6.92. The van der Waals surface area contributed by atoms with Crippen LogP contribution in [0, 0.1) is 17.5 Å². The number of nitrogens with zero attached hydrogens (tertiary/aromatic N) is 1. The number of carbonyl (C=O) groups is 2. The molecule has 0 unspecified atom stereocenters. The van der Waals surface area contributed by atoms with E-state index in [2.05, 4.69) is 10.3 Å². The molecular formula is C17H15F3N2O3. The number of halogens is 3. The van der Waals surface area contributed by atoms with Crippen molar-refractivity contribution in [2.75, 3.05) is 5.32 Å². The molecule has 0 saturated heterocycles. The third-order valence-corrected chi connectivity index (χ3v) is 2.95. The summed E-state index contributed by atoms with van der Waals surface area (Å²) < 4.78 is 46.9. The van der Waals surface area contributed by atoms with Gasteiger partial charge in [-0.1, -0.05) is 6.07 Å². The Hall–Kier alpha value is -2.90. The van der Waals surface area contributed by atoms with Gasteiger partial charge in [0.05, 0.1) is 11.3 Å². The maximum absolute atomic E-state index is 14.3. The van der Waals surface area contributed by atoms with E-state index in [1.165, 1.54) is 0 Å². The Morgan fingerprint density at radius 1 is 1.16 bits per heavy atom. The number of aromatic nitrogens is 1. The molecule has 2 rings (SSSR count). The molecule has 0 aliphatic heterocycles. The minimum Gasteiger partial charge on any atom is -0.444 e. The molecule has 0 fully saturated rings. The number of hydrogen-bond donors (Lipinski definition) is 1. The summed E-state index contributed by atoms with van der Waals surface area (Å²) >= 11 is 0. The van der Waals surface area contributed by atoms with E-state index in [0.29, 0.717) is 0 Å². The Labute approximate surface area is 141 Å². The highest BCUT2D eigenvalue weighted by molar-refractivity contribution is 5.92. The molecule has 1 N–H and O–H groups in total. The first-order valence-corrected chi connectivity index (χ1v) is 7.22. The van der Waals surface area contributed by atoms with E-state index in [1.54, 1.807) is 20.8 Å². The highest BCUT2D eigenvalue weighted by Gasteiger charge is 2.22. The molecule has 5 nitrogen and oxygen atoms in total. The summed E-state index contributed by atoms with van der Waals surface area (Å²) in [6.45, 7) is 4.86. The van der Waals surface area contributed by atoms with Crippen LogP contribution in [0.2, 0.25) is 0 Å². The van der Waals surface area contributed by atoms with Crippen molar-refractivity contribution in [2.45, 2.75) is 26.4 Å². The number of rotatable bonds is 3. The monoisotopic (exact) mass is 352 g/mol. The standard InChI is InChI=1S/C17H15F3N2O3/c1-17(2,3)25-16(24)22-12-7-11(20)15(21-13(12)8-23)14-9(18)5-4-6-10(14)19/h4-8H,1-3H3,(H,22,24). The van der Waals surface area contributed by atoms with E-state index in [4.69, 9.17) is 4.74 Å². The van der Waals surface area contributed by atoms with Crippen LogP contribution in [0.15, 0.2) is 24.3 Å². The second-order valence-corrected chi connectivity index (χ2v) is 6.09. The molecule has 0 aliphatic carbocycles. The molecule has 8 heteroatoms.